The van der Waals surface area contributed by atoms with E-state index in [-0.39, 0.29) is 48.4 Å². The van der Waals surface area contributed by atoms with E-state index in [2.05, 4.69) is 57.5 Å². The Bertz CT molecular complexity index is 2080. The lowest BCUT2D eigenvalue weighted by atomic mass is 10.2. The van der Waals surface area contributed by atoms with Gasteiger partial charge in [0.15, 0.2) is 0 Å². The van der Waals surface area contributed by atoms with Gasteiger partial charge < -0.3 is 41.5 Å². The lowest BCUT2D eigenvalue weighted by Gasteiger charge is -2.12. The van der Waals surface area contributed by atoms with Crippen molar-refractivity contribution in [1.82, 2.24) is 61.1 Å². The van der Waals surface area contributed by atoms with E-state index in [4.69, 9.17) is 4.74 Å². The minimum absolute atomic E-state index is 0.0109. The molecule has 2 saturated heterocycles. The number of ether oxygens (including phenoxy) is 1. The third-order valence-electron chi connectivity index (χ3n) is 9.78. The van der Waals surface area contributed by atoms with E-state index in [9.17, 15) is 19.2 Å². The molecule has 19 heteroatoms. The molecule has 4 amide bonds. The molecule has 0 unspecified atom stereocenters. The summed E-state index contributed by atoms with van der Waals surface area (Å²) in [6.45, 7) is 2.94. The van der Waals surface area contributed by atoms with Gasteiger partial charge in [-0.25, -0.2) is 14.3 Å². The third-order valence-corrected chi connectivity index (χ3v) is 9.78. The molecule has 0 saturated carbocycles. The summed E-state index contributed by atoms with van der Waals surface area (Å²) < 4.78 is 9.09. The summed E-state index contributed by atoms with van der Waals surface area (Å²) in [7, 11) is 3.93. The average Bonchev–Trinajstić information content (AvgIpc) is 4.10. The number of nitrogens with zero attached hydrogens (tertiary/aromatic N) is 8. The SMILES string of the molecule is CN(C)CCCOc1cc(C(=O)NCc2cn(-c3ccc(NC(=O)[C@@H]4CCCN4)cc3)nn2)nc(C(=O)NCc2cn(-c3ccc(NC(=O)[C@H]4CCCN4)cc3)nn2)c1. The predicted molar refractivity (Wildman–Crippen MR) is 217 cm³/mol. The van der Waals surface area contributed by atoms with Crippen LogP contribution in [-0.4, -0.2) is 116 Å². The topological polar surface area (TPSA) is 227 Å². The zero-order valence-electron chi connectivity index (χ0n) is 33.0. The van der Waals surface area contributed by atoms with Crippen molar-refractivity contribution in [3.8, 4) is 17.1 Å². The Morgan fingerprint density at radius 2 is 1.20 bits per heavy atom. The van der Waals surface area contributed by atoms with Crippen molar-refractivity contribution >= 4 is 35.0 Å². The summed E-state index contributed by atoms with van der Waals surface area (Å²) in [6.07, 6.45) is 7.70. The van der Waals surface area contributed by atoms with E-state index in [1.807, 2.05) is 43.3 Å². The minimum atomic E-state index is -0.534. The van der Waals surface area contributed by atoms with Crippen LogP contribution in [-0.2, 0) is 22.7 Å². The quantitative estimate of drug-likeness (QED) is 0.0739. The highest BCUT2D eigenvalue weighted by molar-refractivity contribution is 5.97. The summed E-state index contributed by atoms with van der Waals surface area (Å²) in [5.41, 5.74) is 3.76. The van der Waals surface area contributed by atoms with Crippen LogP contribution in [0.2, 0.25) is 0 Å². The maximum Gasteiger partial charge on any atom is 0.270 e. The van der Waals surface area contributed by atoms with Gasteiger partial charge >= 0.3 is 0 Å². The second-order valence-electron chi connectivity index (χ2n) is 14.6. The van der Waals surface area contributed by atoms with Gasteiger partial charge in [-0.3, -0.25) is 19.2 Å². The van der Waals surface area contributed by atoms with Crippen molar-refractivity contribution in [3.05, 3.63) is 95.8 Å². The van der Waals surface area contributed by atoms with Crippen molar-refractivity contribution in [2.24, 2.45) is 0 Å². The predicted octanol–water partition coefficient (Wildman–Crippen LogP) is 1.81. The van der Waals surface area contributed by atoms with Crippen LogP contribution in [0, 0.1) is 0 Å². The molecule has 0 spiro atoms. The Hall–Kier alpha value is -6.57. The molecule has 5 heterocycles. The number of hydrogen-bond acceptors (Lipinski definition) is 13. The van der Waals surface area contributed by atoms with Crippen LogP contribution in [0.3, 0.4) is 0 Å². The second kappa shape index (κ2) is 19.2. The number of carbonyl (C=O) groups is 4. The van der Waals surface area contributed by atoms with Crippen LogP contribution in [0.25, 0.3) is 11.4 Å². The molecule has 19 nitrogen and oxygen atoms in total. The number of hydrogen-bond donors (Lipinski definition) is 6. The summed E-state index contributed by atoms with van der Waals surface area (Å²) in [5, 5.41) is 34.6. The first-order valence-corrected chi connectivity index (χ1v) is 19.6. The molecule has 3 aromatic heterocycles. The Morgan fingerprint density at radius 1 is 0.729 bits per heavy atom. The Balaban J connectivity index is 0.950. The standard InChI is InChI=1S/C40H48N14O5/c1-52(2)18-5-19-59-32-20-35(37(55)43-22-28-24-53(50-48-28)30-12-8-26(9-13-30)45-39(57)33-6-3-16-41-33)47-36(21-32)38(56)44-23-29-25-54(51-49-29)31-14-10-27(11-15-31)46-40(58)34-7-4-17-42-34/h8-15,20-21,24-25,33-34,41-42H,3-7,16-19,22-23H2,1-2H3,(H,43,55)(H,44,56)(H,45,57)(H,46,58)/t33-,34+. The number of benzene rings is 2. The van der Waals surface area contributed by atoms with Gasteiger partial charge in [0.25, 0.3) is 11.8 Å². The molecule has 0 bridgehead atoms. The van der Waals surface area contributed by atoms with E-state index in [0.717, 1.165) is 63.1 Å². The van der Waals surface area contributed by atoms with Crippen molar-refractivity contribution in [1.29, 1.82) is 0 Å². The van der Waals surface area contributed by atoms with Crippen LogP contribution in [0.5, 0.6) is 5.75 Å². The number of pyridine rings is 1. The molecule has 2 aromatic carbocycles. The summed E-state index contributed by atoms with van der Waals surface area (Å²) in [6, 6.07) is 17.1. The molecular weight excluding hydrogens is 757 g/mol. The molecule has 0 radical (unpaired) electrons. The van der Waals surface area contributed by atoms with E-state index >= 15 is 0 Å². The number of anilines is 2. The van der Waals surface area contributed by atoms with Gasteiger partial charge in [-0.15, -0.1) is 10.2 Å². The highest BCUT2D eigenvalue weighted by Crippen LogP contribution is 2.18. The fourth-order valence-corrected chi connectivity index (χ4v) is 6.60. The van der Waals surface area contributed by atoms with Gasteiger partial charge in [0.1, 0.15) is 28.5 Å². The molecule has 7 rings (SSSR count). The molecule has 5 aromatic rings. The molecule has 2 aliphatic rings. The van der Waals surface area contributed by atoms with E-state index < -0.39 is 11.8 Å². The first-order chi connectivity index (χ1) is 28.7. The average molecular weight is 805 g/mol. The lowest BCUT2D eigenvalue weighted by Crippen LogP contribution is -2.35. The van der Waals surface area contributed by atoms with Gasteiger partial charge in [-0.05, 0) is 108 Å². The molecular formula is C40H48N14O5. The van der Waals surface area contributed by atoms with Crippen molar-refractivity contribution in [2.75, 3.05) is 51.0 Å². The fourth-order valence-electron chi connectivity index (χ4n) is 6.60. The summed E-state index contributed by atoms with van der Waals surface area (Å²) in [5.74, 6) is -0.858. The van der Waals surface area contributed by atoms with Crippen molar-refractivity contribution in [3.63, 3.8) is 0 Å². The van der Waals surface area contributed by atoms with Crippen molar-refractivity contribution < 1.29 is 23.9 Å². The number of aromatic nitrogens is 7. The first kappa shape index (κ1) is 40.6. The number of nitrogens with one attached hydrogen (secondary N) is 6. The number of amides is 4. The zero-order chi connectivity index (χ0) is 41.1. The second-order valence-corrected chi connectivity index (χ2v) is 14.6. The Labute approximate surface area is 340 Å². The molecule has 59 heavy (non-hydrogen) atoms. The lowest BCUT2D eigenvalue weighted by molar-refractivity contribution is -0.118. The van der Waals surface area contributed by atoms with Crippen LogP contribution in [0.15, 0.2) is 73.1 Å². The van der Waals surface area contributed by atoms with Crippen LogP contribution in [0.1, 0.15) is 64.5 Å². The normalized spacial score (nSPS) is 16.2. The minimum Gasteiger partial charge on any atom is -0.493 e. The smallest absolute Gasteiger partial charge is 0.270 e. The highest BCUT2D eigenvalue weighted by Gasteiger charge is 2.23. The maximum atomic E-state index is 13.4. The highest BCUT2D eigenvalue weighted by atomic mass is 16.5. The Morgan fingerprint density at radius 3 is 1.63 bits per heavy atom. The molecule has 2 aliphatic heterocycles. The summed E-state index contributed by atoms with van der Waals surface area (Å²) in [4.78, 5) is 58.1. The third kappa shape index (κ3) is 11.1. The van der Waals surface area contributed by atoms with Gasteiger partial charge in [0.2, 0.25) is 11.8 Å². The van der Waals surface area contributed by atoms with Crippen LogP contribution in [0.4, 0.5) is 11.4 Å². The fraction of sp³-hybridized carbons (Fsp3) is 0.375. The number of carbonyl (C=O) groups excluding carboxylic acids is 4. The van der Waals surface area contributed by atoms with Crippen LogP contribution >= 0.6 is 0 Å². The van der Waals surface area contributed by atoms with E-state index in [1.165, 1.54) is 12.1 Å². The zero-order valence-corrected chi connectivity index (χ0v) is 33.0. The van der Waals surface area contributed by atoms with E-state index in [0.29, 0.717) is 35.1 Å². The maximum absolute atomic E-state index is 13.4. The molecule has 2 atom stereocenters. The van der Waals surface area contributed by atoms with Gasteiger partial charge in [0.05, 0.1) is 55.5 Å². The van der Waals surface area contributed by atoms with Gasteiger partial charge in [-0.2, -0.15) is 0 Å². The monoisotopic (exact) mass is 804 g/mol. The Kier molecular flexibility index (Phi) is 13.3. The number of rotatable bonds is 17. The molecule has 2 fully saturated rings. The first-order valence-electron chi connectivity index (χ1n) is 19.6. The largest absolute Gasteiger partial charge is 0.493 e. The van der Waals surface area contributed by atoms with Gasteiger partial charge in [-0.1, -0.05) is 10.4 Å². The molecule has 6 N–H and O–H groups in total. The van der Waals surface area contributed by atoms with Crippen LogP contribution < -0.4 is 36.6 Å². The van der Waals surface area contributed by atoms with Crippen molar-refractivity contribution in [2.45, 2.75) is 57.3 Å². The molecule has 308 valence electrons. The van der Waals surface area contributed by atoms with Gasteiger partial charge in [0, 0.05) is 30.1 Å². The molecule has 0 aliphatic carbocycles. The summed E-state index contributed by atoms with van der Waals surface area (Å²) >= 11 is 0. The van der Waals surface area contributed by atoms with E-state index in [1.54, 1.807) is 46.0 Å².